The van der Waals surface area contributed by atoms with Crippen LogP contribution in [0.1, 0.15) is 5.56 Å². The summed E-state index contributed by atoms with van der Waals surface area (Å²) in [5.74, 6) is 0.661. The fourth-order valence-corrected chi connectivity index (χ4v) is 2.11. The number of nitrogens with zero attached hydrogens (tertiary/aromatic N) is 2. The van der Waals surface area contributed by atoms with Gasteiger partial charge in [0.25, 0.3) is 0 Å². The van der Waals surface area contributed by atoms with Crippen LogP contribution < -0.4 is 5.73 Å². The number of aromatic nitrogens is 2. The lowest BCUT2D eigenvalue weighted by Gasteiger charge is -2.05. The zero-order valence-corrected chi connectivity index (χ0v) is 11.3. The van der Waals surface area contributed by atoms with Gasteiger partial charge >= 0.3 is 0 Å². The molecule has 0 fully saturated rings. The van der Waals surface area contributed by atoms with E-state index in [0.717, 1.165) is 4.47 Å². The Morgan fingerprint density at radius 1 is 1.38 bits per heavy atom. The van der Waals surface area contributed by atoms with Crippen molar-refractivity contribution in [3.8, 4) is 0 Å². The van der Waals surface area contributed by atoms with Gasteiger partial charge in [-0.15, -0.1) is 11.8 Å². The minimum absolute atomic E-state index is 0.661. The first-order valence-corrected chi connectivity index (χ1v) is 6.82. The Bertz CT molecular complexity index is 478. The third-order valence-electron chi connectivity index (χ3n) is 2.32. The molecule has 5 heteroatoms. The molecule has 16 heavy (non-hydrogen) atoms. The van der Waals surface area contributed by atoms with Gasteiger partial charge in [-0.05, 0) is 39.9 Å². The Hall–Kier alpha value is -0.940. The average molecular weight is 298 g/mol. The second-order valence-corrected chi connectivity index (χ2v) is 5.12. The standard InChI is InChI=1S/C11H12BrN3S/c1-16-9-4-2-8(3-5-9)7-15-11(13)10(12)6-14-15/h2-6H,7,13H2,1H3. The first-order valence-electron chi connectivity index (χ1n) is 4.80. The molecular weight excluding hydrogens is 286 g/mol. The molecule has 0 aliphatic rings. The minimum atomic E-state index is 0.661. The van der Waals surface area contributed by atoms with E-state index in [2.05, 4.69) is 51.5 Å². The third kappa shape index (κ3) is 2.41. The van der Waals surface area contributed by atoms with Crippen LogP contribution in [0.25, 0.3) is 0 Å². The molecule has 0 aliphatic carbocycles. The summed E-state index contributed by atoms with van der Waals surface area (Å²) in [5.41, 5.74) is 7.05. The molecule has 1 aromatic carbocycles. The van der Waals surface area contributed by atoms with Crippen LogP contribution in [0, 0.1) is 0 Å². The molecule has 2 N–H and O–H groups in total. The molecule has 0 amide bonds. The van der Waals surface area contributed by atoms with E-state index in [0.29, 0.717) is 12.4 Å². The summed E-state index contributed by atoms with van der Waals surface area (Å²) in [4.78, 5) is 1.26. The highest BCUT2D eigenvalue weighted by molar-refractivity contribution is 9.10. The highest BCUT2D eigenvalue weighted by Crippen LogP contribution is 2.20. The first kappa shape index (κ1) is 11.5. The van der Waals surface area contributed by atoms with E-state index in [1.807, 2.05) is 0 Å². The number of rotatable bonds is 3. The summed E-state index contributed by atoms with van der Waals surface area (Å²) >= 11 is 5.08. The van der Waals surface area contributed by atoms with Crippen LogP contribution in [0.4, 0.5) is 5.82 Å². The molecule has 0 unspecified atom stereocenters. The van der Waals surface area contributed by atoms with Gasteiger partial charge in [0.1, 0.15) is 5.82 Å². The maximum absolute atomic E-state index is 5.86. The van der Waals surface area contributed by atoms with Gasteiger partial charge in [0, 0.05) is 4.90 Å². The normalized spacial score (nSPS) is 10.6. The van der Waals surface area contributed by atoms with Crippen LogP contribution in [0.15, 0.2) is 39.8 Å². The Balaban J connectivity index is 2.17. The van der Waals surface area contributed by atoms with Crippen LogP contribution in [0.3, 0.4) is 0 Å². The summed E-state index contributed by atoms with van der Waals surface area (Å²) in [6, 6.07) is 8.41. The number of hydrogen-bond acceptors (Lipinski definition) is 3. The molecule has 0 atom stereocenters. The fourth-order valence-electron chi connectivity index (χ4n) is 1.40. The van der Waals surface area contributed by atoms with E-state index in [-0.39, 0.29) is 0 Å². The van der Waals surface area contributed by atoms with Gasteiger partial charge in [0.15, 0.2) is 0 Å². The van der Waals surface area contributed by atoms with E-state index >= 15 is 0 Å². The SMILES string of the molecule is CSc1ccc(Cn2ncc(Br)c2N)cc1. The van der Waals surface area contributed by atoms with Crippen molar-refractivity contribution < 1.29 is 0 Å². The smallest absolute Gasteiger partial charge is 0.136 e. The topological polar surface area (TPSA) is 43.8 Å². The molecule has 0 saturated carbocycles. The number of halogens is 1. The van der Waals surface area contributed by atoms with Crippen molar-refractivity contribution in [3.05, 3.63) is 40.5 Å². The second kappa shape index (κ2) is 4.93. The number of thioether (sulfide) groups is 1. The molecule has 1 heterocycles. The number of benzene rings is 1. The largest absolute Gasteiger partial charge is 0.383 e. The molecule has 0 saturated heterocycles. The third-order valence-corrected chi connectivity index (χ3v) is 3.68. The molecule has 0 spiro atoms. The van der Waals surface area contributed by atoms with E-state index in [9.17, 15) is 0 Å². The minimum Gasteiger partial charge on any atom is -0.383 e. The van der Waals surface area contributed by atoms with Gasteiger partial charge in [-0.2, -0.15) is 5.10 Å². The summed E-state index contributed by atoms with van der Waals surface area (Å²) in [6.45, 7) is 0.700. The van der Waals surface area contributed by atoms with Gasteiger partial charge in [0.05, 0.1) is 17.2 Å². The number of anilines is 1. The zero-order chi connectivity index (χ0) is 11.5. The van der Waals surface area contributed by atoms with Crippen molar-refractivity contribution in [2.45, 2.75) is 11.4 Å². The molecule has 0 aliphatic heterocycles. The Labute approximate surface area is 107 Å². The molecule has 1 aromatic heterocycles. The predicted molar refractivity (Wildman–Crippen MR) is 71.7 cm³/mol. The predicted octanol–water partition coefficient (Wildman–Crippen LogP) is 3.00. The van der Waals surface area contributed by atoms with E-state index in [1.54, 1.807) is 22.6 Å². The maximum Gasteiger partial charge on any atom is 0.136 e. The van der Waals surface area contributed by atoms with Gasteiger partial charge in [-0.3, -0.25) is 0 Å². The molecule has 0 radical (unpaired) electrons. The lowest BCUT2D eigenvalue weighted by atomic mass is 10.2. The first-order chi connectivity index (χ1) is 7.70. The average Bonchev–Trinajstić information content (AvgIpc) is 2.62. The van der Waals surface area contributed by atoms with Gasteiger partial charge in [-0.25, -0.2) is 4.68 Å². The molecular formula is C11H12BrN3S. The van der Waals surface area contributed by atoms with Crippen LogP contribution >= 0.6 is 27.7 Å². The Kier molecular flexibility index (Phi) is 3.56. The fraction of sp³-hybridized carbons (Fsp3) is 0.182. The van der Waals surface area contributed by atoms with Crippen LogP contribution in [0.2, 0.25) is 0 Å². The van der Waals surface area contributed by atoms with Crippen LogP contribution in [-0.4, -0.2) is 16.0 Å². The highest BCUT2D eigenvalue weighted by atomic mass is 79.9. The highest BCUT2D eigenvalue weighted by Gasteiger charge is 2.04. The lowest BCUT2D eigenvalue weighted by molar-refractivity contribution is 0.696. The summed E-state index contributed by atoms with van der Waals surface area (Å²) in [5, 5.41) is 4.19. The molecule has 84 valence electrons. The van der Waals surface area contributed by atoms with Gasteiger partial charge in [-0.1, -0.05) is 12.1 Å². The molecule has 2 rings (SSSR count). The van der Waals surface area contributed by atoms with Crippen molar-refractivity contribution in [3.63, 3.8) is 0 Å². The summed E-state index contributed by atoms with van der Waals surface area (Å²) in [6.07, 6.45) is 3.78. The number of nitrogens with two attached hydrogens (primary N) is 1. The monoisotopic (exact) mass is 297 g/mol. The summed E-state index contributed by atoms with van der Waals surface area (Å²) in [7, 11) is 0. The molecule has 3 nitrogen and oxygen atoms in total. The quantitative estimate of drug-likeness (QED) is 0.886. The maximum atomic E-state index is 5.86. The second-order valence-electron chi connectivity index (χ2n) is 3.38. The van der Waals surface area contributed by atoms with E-state index in [1.165, 1.54) is 10.5 Å². The van der Waals surface area contributed by atoms with Gasteiger partial charge in [0.2, 0.25) is 0 Å². The van der Waals surface area contributed by atoms with Crippen LogP contribution in [-0.2, 0) is 6.54 Å². The Morgan fingerprint density at radius 2 is 2.06 bits per heavy atom. The number of nitrogen functional groups attached to an aromatic ring is 1. The van der Waals surface area contributed by atoms with E-state index < -0.39 is 0 Å². The zero-order valence-electron chi connectivity index (χ0n) is 8.85. The van der Waals surface area contributed by atoms with Crippen molar-refractivity contribution in [1.82, 2.24) is 9.78 Å². The molecule has 2 aromatic rings. The van der Waals surface area contributed by atoms with Gasteiger partial charge < -0.3 is 5.73 Å². The lowest BCUT2D eigenvalue weighted by Crippen LogP contribution is -2.05. The van der Waals surface area contributed by atoms with Crippen molar-refractivity contribution in [2.24, 2.45) is 0 Å². The number of hydrogen-bond donors (Lipinski definition) is 1. The van der Waals surface area contributed by atoms with Crippen molar-refractivity contribution in [1.29, 1.82) is 0 Å². The Morgan fingerprint density at radius 3 is 2.56 bits per heavy atom. The van der Waals surface area contributed by atoms with Crippen molar-refractivity contribution >= 4 is 33.5 Å². The molecule has 0 bridgehead atoms. The summed E-state index contributed by atoms with van der Waals surface area (Å²) < 4.78 is 2.62. The van der Waals surface area contributed by atoms with Crippen LogP contribution in [0.5, 0.6) is 0 Å². The van der Waals surface area contributed by atoms with E-state index in [4.69, 9.17) is 5.73 Å². The van der Waals surface area contributed by atoms with Crippen molar-refractivity contribution in [2.75, 3.05) is 12.0 Å².